The van der Waals surface area contributed by atoms with Gasteiger partial charge in [-0.05, 0) is 128 Å². The molecule has 25 nitrogen and oxygen atoms in total. The van der Waals surface area contributed by atoms with Crippen LogP contribution in [-0.4, -0.2) is 203 Å². The summed E-state index contributed by atoms with van der Waals surface area (Å²) >= 11 is 0. The number of nitrogens with zero attached hydrogens (tertiary/aromatic N) is 7. The minimum absolute atomic E-state index is 0.0197. The molecule has 26 heteroatoms. The second-order valence-corrected chi connectivity index (χ2v) is 30.4. The number of cyclic esters (lactones) is 1. The van der Waals surface area contributed by atoms with Gasteiger partial charge in [0, 0.05) is 45.9 Å². The lowest BCUT2D eigenvalue weighted by molar-refractivity contribution is -0.389. The van der Waals surface area contributed by atoms with Crippen LogP contribution >= 0.6 is 0 Å². The van der Waals surface area contributed by atoms with Gasteiger partial charge in [-0.3, -0.25) is 14.2 Å². The third kappa shape index (κ3) is 16.7. The lowest BCUT2D eigenvalue weighted by Crippen LogP contribution is -2.65. The van der Waals surface area contributed by atoms with Crippen LogP contribution in [-0.2, 0) is 74.9 Å². The van der Waals surface area contributed by atoms with Crippen molar-refractivity contribution in [2.75, 3.05) is 28.3 Å². The van der Waals surface area contributed by atoms with E-state index < -0.39 is 123 Å². The summed E-state index contributed by atoms with van der Waals surface area (Å²) in [5.41, 5.74) is -1.10. The van der Waals surface area contributed by atoms with E-state index in [9.17, 15) is 29.9 Å². The van der Waals surface area contributed by atoms with Crippen LogP contribution in [0, 0.1) is 22.0 Å². The summed E-state index contributed by atoms with van der Waals surface area (Å²) in [5.74, 6) is -1.78. The van der Waals surface area contributed by atoms with Gasteiger partial charge in [-0.1, -0.05) is 57.2 Å². The van der Waals surface area contributed by atoms with E-state index in [1.807, 2.05) is 58.1 Å². The minimum Gasteiger partial charge on any atom is -0.462 e. The number of nitro groups is 1. The molecule has 84 heavy (non-hydrogen) atoms. The number of esters is 2. The molecule has 2 aromatic heterocycles. The normalized spacial score (nSPS) is 37.6. The number of aromatic nitrogens is 5. The Kier molecular flexibility index (Phi) is 23.1. The van der Waals surface area contributed by atoms with E-state index in [1.54, 1.807) is 34.2 Å². The molecule has 0 spiro atoms. The molecule has 3 N–H and O–H groups in total. The Labute approximate surface area is 495 Å². The van der Waals surface area contributed by atoms with Crippen LogP contribution in [0.3, 0.4) is 0 Å². The number of likely N-dealkylation sites (N-methyl/N-ethyl adjacent to an activating group) is 2. The van der Waals surface area contributed by atoms with Crippen LogP contribution in [0.25, 0.3) is 5.82 Å². The van der Waals surface area contributed by atoms with Crippen molar-refractivity contribution in [3.63, 3.8) is 0 Å². The van der Waals surface area contributed by atoms with Crippen LogP contribution in [0.2, 0.25) is 18.1 Å². The van der Waals surface area contributed by atoms with Crippen molar-refractivity contribution in [1.29, 1.82) is 0 Å². The lowest BCUT2D eigenvalue weighted by Gasteiger charge is -2.50. The second kappa shape index (κ2) is 28.8. The Morgan fingerprint density at radius 2 is 1.70 bits per heavy atom. The number of carbonyl (C=O) groups is 2. The molecule has 474 valence electrons. The molecule has 0 aliphatic carbocycles. The maximum Gasteiger partial charge on any atom is 0.408 e. The van der Waals surface area contributed by atoms with Crippen LogP contribution < -0.4 is 5.32 Å². The SMILES string of the molecule is CN[C@H]1CC[C@H](O[C@H]2/C=C/C=C/C[C@@H](C)OC(=O)C[C@H]3OC(O[Si](C)(C)C(C)(C)C)C[C@@H](C[C@H]2C)[C@H](O[C@@H]2O[C@H](C)[C@@H](O[C@H]4C[C@@](C)(O)[C@@H](OC(=O)CCCc5cn(-c6c([N+](=O)[O-])ncn6C)nn5)[C@H](C)O4)[C@H](N(C)C)[C@H]2O)[C@H]3OC)O[C@@H]1C. The summed E-state index contributed by atoms with van der Waals surface area (Å²) in [6, 6.07) is -0.538. The molecule has 20 atom stereocenters. The lowest BCUT2D eigenvalue weighted by atomic mass is 9.82. The third-order valence-corrected chi connectivity index (χ3v) is 22.1. The van der Waals surface area contributed by atoms with Gasteiger partial charge in [-0.15, -0.1) is 5.10 Å². The van der Waals surface area contributed by atoms with E-state index in [4.69, 9.17) is 51.8 Å². The number of rotatable bonds is 18. The van der Waals surface area contributed by atoms with Crippen LogP contribution in [0.4, 0.5) is 5.82 Å². The van der Waals surface area contributed by atoms with Gasteiger partial charge in [0.05, 0.1) is 61.0 Å². The number of hydrogen-bond acceptors (Lipinski definition) is 22. The van der Waals surface area contributed by atoms with E-state index in [0.717, 1.165) is 6.42 Å². The van der Waals surface area contributed by atoms with E-state index in [1.165, 1.54) is 15.6 Å². The summed E-state index contributed by atoms with van der Waals surface area (Å²) in [7, 11) is 6.26. The fourth-order valence-electron chi connectivity index (χ4n) is 12.0. The van der Waals surface area contributed by atoms with E-state index in [0.29, 0.717) is 44.2 Å². The van der Waals surface area contributed by atoms with Gasteiger partial charge in [0.15, 0.2) is 33.3 Å². The predicted octanol–water partition coefficient (Wildman–Crippen LogP) is 5.97. The first-order valence-electron chi connectivity index (χ1n) is 29.8. The van der Waals surface area contributed by atoms with Crippen molar-refractivity contribution >= 4 is 26.1 Å². The highest BCUT2D eigenvalue weighted by Gasteiger charge is 2.54. The van der Waals surface area contributed by atoms with E-state index >= 15 is 0 Å². The summed E-state index contributed by atoms with van der Waals surface area (Å²) in [5, 5.41) is 47.4. The van der Waals surface area contributed by atoms with Crippen molar-refractivity contribution in [2.45, 2.75) is 255 Å². The van der Waals surface area contributed by atoms with Gasteiger partial charge in [0.25, 0.3) is 0 Å². The number of aryl methyl sites for hydroxylation is 2. The van der Waals surface area contributed by atoms with Gasteiger partial charge >= 0.3 is 17.8 Å². The number of nitrogens with one attached hydrogen (secondary N) is 1. The number of fused-ring (bicyclic) bond motifs is 3. The van der Waals surface area contributed by atoms with Gasteiger partial charge in [0.1, 0.15) is 36.3 Å². The van der Waals surface area contributed by atoms with Gasteiger partial charge in [-0.25, -0.2) is 0 Å². The first-order chi connectivity index (χ1) is 39.5. The summed E-state index contributed by atoms with van der Waals surface area (Å²) < 4.78 is 75.4. The number of hydrogen-bond donors (Lipinski definition) is 3. The highest BCUT2D eigenvalue weighted by Crippen LogP contribution is 2.44. The highest BCUT2D eigenvalue weighted by atomic mass is 28.4. The molecule has 0 amide bonds. The zero-order valence-corrected chi connectivity index (χ0v) is 53.2. The molecule has 7 rings (SSSR count). The van der Waals surface area contributed by atoms with Crippen LogP contribution in [0.15, 0.2) is 36.8 Å². The number of allylic oxidation sites excluding steroid dienone is 2. The van der Waals surface area contributed by atoms with Crippen molar-refractivity contribution in [3.8, 4) is 5.82 Å². The Morgan fingerprint density at radius 1 is 0.976 bits per heavy atom. The topological polar surface area (TPSA) is 283 Å². The van der Waals surface area contributed by atoms with Crippen molar-refractivity contribution < 1.29 is 76.5 Å². The summed E-state index contributed by atoms with van der Waals surface area (Å²) in [6.07, 6.45) is 2.38. The number of aliphatic hydroxyl groups excluding tert-OH is 1. The fourth-order valence-corrected chi connectivity index (χ4v) is 13.2. The molecule has 7 heterocycles. The Balaban J connectivity index is 1.09. The largest absolute Gasteiger partial charge is 0.462 e. The first-order valence-corrected chi connectivity index (χ1v) is 32.7. The first kappa shape index (κ1) is 67.4. The smallest absolute Gasteiger partial charge is 0.408 e. The molecule has 4 fully saturated rings. The predicted molar refractivity (Wildman–Crippen MR) is 309 cm³/mol. The molecule has 0 aromatic carbocycles. The van der Waals surface area contributed by atoms with Crippen LogP contribution in [0.5, 0.6) is 0 Å². The highest BCUT2D eigenvalue weighted by molar-refractivity contribution is 6.74. The van der Waals surface area contributed by atoms with Gasteiger partial charge in [-0.2, -0.15) is 4.68 Å². The van der Waals surface area contributed by atoms with E-state index in [-0.39, 0.29) is 59.9 Å². The van der Waals surface area contributed by atoms with E-state index in [2.05, 4.69) is 74.4 Å². The molecule has 4 saturated heterocycles. The maximum atomic E-state index is 14.0. The molecule has 0 saturated carbocycles. The monoisotopic (exact) mass is 1200 g/mol. The Morgan fingerprint density at radius 3 is 2.36 bits per heavy atom. The molecule has 5 aliphatic heterocycles. The average molecular weight is 1210 g/mol. The summed E-state index contributed by atoms with van der Waals surface area (Å²) in [6.45, 7) is 22.0. The zero-order valence-electron chi connectivity index (χ0n) is 52.2. The van der Waals surface area contributed by atoms with Gasteiger partial charge in [0.2, 0.25) is 12.1 Å². The molecule has 0 radical (unpaired) electrons. The molecule has 2 aromatic rings. The Hall–Kier alpha value is -4.13. The Bertz CT molecular complexity index is 2540. The number of imidazole rings is 1. The van der Waals surface area contributed by atoms with Gasteiger partial charge < -0.3 is 82.3 Å². The minimum atomic E-state index is -2.51. The van der Waals surface area contributed by atoms with Crippen molar-refractivity contribution in [3.05, 3.63) is 52.6 Å². The van der Waals surface area contributed by atoms with Crippen LogP contribution in [0.1, 0.15) is 126 Å². The molecule has 2 bridgehead atoms. The third-order valence-electron chi connectivity index (χ3n) is 17.6. The number of carbonyl (C=O) groups excluding carboxylic acids is 2. The standard InChI is InChI=1S/C58H96N8O17Si/c1-33-27-38-28-46(83-84(15,16)57(6,7)8)79-42(29-44(68)74-34(2)21-18-17-19-23-41(33)78-45-26-25-40(59-10)35(3)75-45)52(73-14)51(38)82-56-49(69)48(63(11)12)50(36(4)77-56)81-47-30-58(9,70)53(37(5)76-47)80-43(67)24-20-22-39-31-65(62-61-39)55-54(66(71)72)60-32-64(55)13/h17-19,23,31-38,40-42,45-53,56,59,69-70H,20-22,24-30H2,1-16H3/b18-17+,23-19+/t33-,34-,35-,36-,37+,38-,40+,41+,42-,45+,46?,47+,48-,49-,50-,51+,52+,53+,56+,58-/m1/s1. The molecular formula is C58H96N8O17Si. The molecule has 1 unspecified atom stereocenters. The summed E-state index contributed by atoms with van der Waals surface area (Å²) in [4.78, 5) is 43.8. The number of methoxy groups -OCH3 is 1. The molecular weight excluding hydrogens is 1110 g/mol. The average Bonchev–Trinajstić information content (AvgIpc) is 1.86. The van der Waals surface area contributed by atoms with Crippen molar-refractivity contribution in [1.82, 2.24) is 34.8 Å². The molecule has 5 aliphatic rings. The number of ether oxygens (including phenoxy) is 10. The zero-order chi connectivity index (χ0) is 61.6. The quantitative estimate of drug-likeness (QED) is 0.0671. The fraction of sp³-hybridized carbons (Fsp3) is 0.810. The number of aliphatic hydroxyl groups is 2. The maximum absolute atomic E-state index is 14.0. The second-order valence-electron chi connectivity index (χ2n) is 25.7. The van der Waals surface area contributed by atoms with Crippen molar-refractivity contribution in [2.24, 2.45) is 18.9 Å².